The summed E-state index contributed by atoms with van der Waals surface area (Å²) in [7, 11) is 0. The van der Waals surface area contributed by atoms with Crippen LogP contribution in [0.4, 0.5) is 0 Å². The van der Waals surface area contributed by atoms with Gasteiger partial charge in [-0.15, -0.1) is 0 Å². The third-order valence-corrected chi connectivity index (χ3v) is 4.71. The van der Waals surface area contributed by atoms with Gasteiger partial charge in [0.1, 0.15) is 12.4 Å². The average molecular weight is 385 g/mol. The molecule has 0 saturated heterocycles. The van der Waals surface area contributed by atoms with E-state index in [1.165, 1.54) is 0 Å². The number of hydrogen-bond donors (Lipinski definition) is 1. The summed E-state index contributed by atoms with van der Waals surface area (Å²) in [5.41, 5.74) is 3.09. The van der Waals surface area contributed by atoms with Gasteiger partial charge in [0.25, 0.3) is 5.56 Å². The van der Waals surface area contributed by atoms with Crippen molar-refractivity contribution in [1.29, 1.82) is 0 Å². The van der Waals surface area contributed by atoms with E-state index in [9.17, 15) is 4.79 Å². The van der Waals surface area contributed by atoms with Crippen LogP contribution in [0.25, 0.3) is 22.0 Å². The number of para-hydroxylation sites is 1. The molecule has 26 heavy (non-hydrogen) atoms. The Labute approximate surface area is 159 Å². The van der Waals surface area contributed by atoms with E-state index in [-0.39, 0.29) is 5.56 Å². The maximum Gasteiger partial charge on any atom is 0.259 e. The Kier molecular flexibility index (Phi) is 4.31. The summed E-state index contributed by atoms with van der Waals surface area (Å²) < 4.78 is 5.72. The van der Waals surface area contributed by atoms with Gasteiger partial charge in [0, 0.05) is 10.6 Å². The molecule has 2 heterocycles. The first-order valence-corrected chi connectivity index (χ1v) is 8.77. The Balaban J connectivity index is 1.76. The minimum Gasteiger partial charge on any atom is -0.488 e. The number of nitrogens with one attached hydrogen (secondary N) is 1. The van der Waals surface area contributed by atoms with Crippen LogP contribution in [-0.4, -0.2) is 16.6 Å². The molecule has 1 aliphatic heterocycles. The first kappa shape index (κ1) is 16.9. The number of halogens is 2. The van der Waals surface area contributed by atoms with E-state index in [0.29, 0.717) is 33.4 Å². The van der Waals surface area contributed by atoms with Crippen molar-refractivity contribution in [2.45, 2.75) is 6.92 Å². The highest BCUT2D eigenvalue weighted by molar-refractivity contribution is 6.48. The molecular formula is C20H14Cl2N2O2. The van der Waals surface area contributed by atoms with Crippen LogP contribution in [0.15, 0.2) is 52.8 Å². The number of rotatable bonds is 2. The topological polar surface area (TPSA) is 55.0 Å². The predicted molar refractivity (Wildman–Crippen MR) is 106 cm³/mol. The van der Waals surface area contributed by atoms with E-state index >= 15 is 0 Å². The van der Waals surface area contributed by atoms with Crippen molar-refractivity contribution in [3.8, 4) is 5.75 Å². The molecule has 0 atom stereocenters. The summed E-state index contributed by atoms with van der Waals surface area (Å²) in [4.78, 5) is 19.6. The number of H-pyrrole nitrogens is 1. The lowest BCUT2D eigenvalue weighted by Gasteiger charge is -2.16. The summed E-state index contributed by atoms with van der Waals surface area (Å²) in [6.45, 7) is 2.29. The van der Waals surface area contributed by atoms with Crippen molar-refractivity contribution < 1.29 is 4.74 Å². The van der Waals surface area contributed by atoms with Gasteiger partial charge in [0.05, 0.1) is 15.9 Å². The fraction of sp³-hybridized carbons (Fsp3) is 0.100. The van der Waals surface area contributed by atoms with Gasteiger partial charge < -0.3 is 9.72 Å². The van der Waals surface area contributed by atoms with Gasteiger partial charge in [-0.05, 0) is 54.5 Å². The molecule has 3 aromatic rings. The Morgan fingerprint density at radius 3 is 3.00 bits per heavy atom. The van der Waals surface area contributed by atoms with Gasteiger partial charge in [-0.2, -0.15) is 0 Å². The zero-order chi connectivity index (χ0) is 18.3. The minimum absolute atomic E-state index is 0.216. The van der Waals surface area contributed by atoms with Gasteiger partial charge in [-0.3, -0.25) is 4.79 Å². The van der Waals surface area contributed by atoms with E-state index in [1.54, 1.807) is 18.2 Å². The number of nitrogens with zero attached hydrogens (tertiary/aromatic N) is 1. The predicted octanol–water partition coefficient (Wildman–Crippen LogP) is 4.94. The molecule has 1 aromatic heterocycles. The largest absolute Gasteiger partial charge is 0.488 e. The van der Waals surface area contributed by atoms with Gasteiger partial charge in [-0.1, -0.05) is 35.3 Å². The fourth-order valence-electron chi connectivity index (χ4n) is 2.90. The van der Waals surface area contributed by atoms with Crippen molar-refractivity contribution >= 4 is 45.2 Å². The second-order valence-corrected chi connectivity index (χ2v) is 6.91. The molecule has 0 amide bonds. The highest BCUT2D eigenvalue weighted by Gasteiger charge is 2.13. The zero-order valence-corrected chi connectivity index (χ0v) is 15.4. The zero-order valence-electron chi connectivity index (χ0n) is 13.8. The first-order valence-electron chi connectivity index (χ1n) is 8.01. The second-order valence-electron chi connectivity index (χ2n) is 6.07. The molecule has 1 N–H and O–H groups in total. The maximum absolute atomic E-state index is 12.3. The molecule has 0 fully saturated rings. The summed E-state index contributed by atoms with van der Waals surface area (Å²) in [6.07, 6.45) is 3.70. The van der Waals surface area contributed by atoms with Crippen LogP contribution in [-0.2, 0) is 0 Å². The molecule has 0 spiro atoms. The molecule has 1 aliphatic rings. The molecule has 2 aromatic carbocycles. The lowest BCUT2D eigenvalue weighted by atomic mass is 10.1. The van der Waals surface area contributed by atoms with E-state index in [4.69, 9.17) is 27.9 Å². The number of fused-ring (bicyclic) bond motifs is 2. The fourth-order valence-corrected chi connectivity index (χ4v) is 3.31. The molecule has 6 heteroatoms. The second kappa shape index (κ2) is 6.63. The van der Waals surface area contributed by atoms with Crippen LogP contribution in [0.2, 0.25) is 5.02 Å². The van der Waals surface area contributed by atoms with Crippen LogP contribution in [0.5, 0.6) is 5.75 Å². The maximum atomic E-state index is 12.3. The lowest BCUT2D eigenvalue weighted by Crippen LogP contribution is -2.11. The van der Waals surface area contributed by atoms with E-state index < -0.39 is 0 Å². The SMILES string of the molecule is Cc1cccc2c(=O)[nH]c(/C(Cl)=C/C3=Cc4cc(Cl)ccc4OC3)nc12. The molecule has 0 unspecified atom stereocenters. The lowest BCUT2D eigenvalue weighted by molar-refractivity contribution is 0.351. The standard InChI is InChI=1S/C20H14Cl2N2O2/c1-11-3-2-4-15-18(11)23-19(24-20(15)25)16(22)8-12-7-13-9-14(21)5-6-17(13)26-10-12/h2-9H,10H2,1H3,(H,23,24,25)/b16-8-. The molecule has 4 rings (SSSR count). The summed E-state index contributed by atoms with van der Waals surface area (Å²) >= 11 is 12.5. The summed E-state index contributed by atoms with van der Waals surface area (Å²) in [5.74, 6) is 1.10. The van der Waals surface area contributed by atoms with Crippen molar-refractivity contribution in [1.82, 2.24) is 9.97 Å². The van der Waals surface area contributed by atoms with Crippen LogP contribution in [0, 0.1) is 6.92 Å². The van der Waals surface area contributed by atoms with Crippen molar-refractivity contribution in [3.63, 3.8) is 0 Å². The minimum atomic E-state index is -0.216. The van der Waals surface area contributed by atoms with Crippen molar-refractivity contribution in [2.24, 2.45) is 0 Å². The number of aryl methyl sites for hydroxylation is 1. The van der Waals surface area contributed by atoms with E-state index in [0.717, 1.165) is 22.4 Å². The normalized spacial score (nSPS) is 14.0. The number of aromatic nitrogens is 2. The molecule has 0 radical (unpaired) electrons. The molecular weight excluding hydrogens is 371 g/mol. The third-order valence-electron chi connectivity index (χ3n) is 4.18. The summed E-state index contributed by atoms with van der Waals surface area (Å²) in [5, 5.41) is 1.52. The Morgan fingerprint density at radius 2 is 2.15 bits per heavy atom. The van der Waals surface area contributed by atoms with Crippen LogP contribution >= 0.6 is 23.2 Å². The van der Waals surface area contributed by atoms with Gasteiger partial charge in [0.15, 0.2) is 5.82 Å². The van der Waals surface area contributed by atoms with Crippen LogP contribution in [0.1, 0.15) is 17.0 Å². The number of ether oxygens (including phenoxy) is 1. The molecule has 4 nitrogen and oxygen atoms in total. The van der Waals surface area contributed by atoms with Crippen LogP contribution in [0.3, 0.4) is 0 Å². The number of benzene rings is 2. The van der Waals surface area contributed by atoms with E-state index in [1.807, 2.05) is 37.3 Å². The Bertz CT molecular complexity index is 1150. The molecule has 130 valence electrons. The van der Waals surface area contributed by atoms with Crippen LogP contribution < -0.4 is 10.3 Å². The monoisotopic (exact) mass is 384 g/mol. The highest BCUT2D eigenvalue weighted by Crippen LogP contribution is 2.30. The van der Waals surface area contributed by atoms with Gasteiger partial charge in [0.2, 0.25) is 0 Å². The number of hydrogen-bond acceptors (Lipinski definition) is 3. The third kappa shape index (κ3) is 3.14. The molecule has 0 saturated carbocycles. The molecule has 0 bridgehead atoms. The Morgan fingerprint density at radius 1 is 1.31 bits per heavy atom. The quantitative estimate of drug-likeness (QED) is 0.680. The van der Waals surface area contributed by atoms with Crippen molar-refractivity contribution in [3.05, 3.63) is 80.4 Å². The Hall–Kier alpha value is -2.56. The van der Waals surface area contributed by atoms with Crippen molar-refractivity contribution in [2.75, 3.05) is 6.61 Å². The average Bonchev–Trinajstić information content (AvgIpc) is 2.62. The first-order chi connectivity index (χ1) is 12.5. The summed E-state index contributed by atoms with van der Waals surface area (Å²) in [6, 6.07) is 10.9. The smallest absolute Gasteiger partial charge is 0.259 e. The highest BCUT2D eigenvalue weighted by atomic mass is 35.5. The van der Waals surface area contributed by atoms with Gasteiger partial charge >= 0.3 is 0 Å². The van der Waals surface area contributed by atoms with Gasteiger partial charge in [-0.25, -0.2) is 4.98 Å². The molecule has 0 aliphatic carbocycles. The number of aromatic amines is 1. The van der Waals surface area contributed by atoms with E-state index in [2.05, 4.69) is 9.97 Å².